The maximum Gasteiger partial charge on any atom is 0.315 e. The van der Waals surface area contributed by atoms with E-state index in [9.17, 15) is 9.59 Å². The lowest BCUT2D eigenvalue weighted by Crippen LogP contribution is -2.42. The van der Waals surface area contributed by atoms with Crippen LogP contribution in [0, 0.1) is 19.8 Å². The molecule has 0 aromatic carbocycles. The topological polar surface area (TPSA) is 96.3 Å². The van der Waals surface area contributed by atoms with E-state index < -0.39 is 0 Å². The maximum absolute atomic E-state index is 11.9. The molecule has 2 rings (SSSR count). The van der Waals surface area contributed by atoms with Gasteiger partial charge in [-0.2, -0.15) is 0 Å². The molecule has 1 saturated carbocycles. The number of nitrogens with zero attached hydrogens (tertiary/aromatic N) is 1. The quantitative estimate of drug-likeness (QED) is 0.698. The highest BCUT2D eigenvalue weighted by Crippen LogP contribution is 2.24. The van der Waals surface area contributed by atoms with Crippen molar-refractivity contribution < 1.29 is 14.1 Å². The van der Waals surface area contributed by atoms with Gasteiger partial charge in [-0.25, -0.2) is 4.79 Å². The average Bonchev–Trinajstić information content (AvgIpc) is 3.13. The molecule has 0 saturated heterocycles. The number of carbonyl (C=O) groups is 2. The number of carbonyl (C=O) groups excluding carboxylic acids is 2. The standard InChI is InChI=1S/C16H26N4O3/c1-10(14-11(2)20-23-12(14)3)19-16(22)18-9-8-17-15(21)13-6-4-5-7-13/h10,13H,4-9H2,1-3H3,(H,17,21)(H2,18,19,22). The second kappa shape index (κ2) is 7.99. The normalized spacial score (nSPS) is 16.1. The second-order valence-electron chi connectivity index (χ2n) is 6.13. The van der Waals surface area contributed by atoms with Crippen molar-refractivity contribution in [1.82, 2.24) is 21.1 Å². The Kier molecular flexibility index (Phi) is 6.01. The third-order valence-electron chi connectivity index (χ3n) is 4.30. The SMILES string of the molecule is Cc1noc(C)c1C(C)NC(=O)NCCNC(=O)C1CCCC1. The summed E-state index contributed by atoms with van der Waals surface area (Å²) in [4.78, 5) is 23.7. The molecule has 128 valence electrons. The number of aryl methyl sites for hydroxylation is 2. The molecule has 1 aromatic rings. The number of rotatable bonds is 6. The van der Waals surface area contributed by atoms with E-state index in [0.29, 0.717) is 18.8 Å². The minimum atomic E-state index is -0.271. The monoisotopic (exact) mass is 322 g/mol. The van der Waals surface area contributed by atoms with E-state index >= 15 is 0 Å². The molecule has 1 unspecified atom stereocenters. The van der Waals surface area contributed by atoms with Gasteiger partial charge in [-0.05, 0) is 33.6 Å². The van der Waals surface area contributed by atoms with Crippen LogP contribution in [-0.2, 0) is 4.79 Å². The van der Waals surface area contributed by atoms with Gasteiger partial charge in [-0.1, -0.05) is 18.0 Å². The molecule has 7 heteroatoms. The number of nitrogens with one attached hydrogen (secondary N) is 3. The first-order valence-electron chi connectivity index (χ1n) is 8.24. The van der Waals surface area contributed by atoms with Crippen LogP contribution in [0.3, 0.4) is 0 Å². The van der Waals surface area contributed by atoms with Crippen molar-refractivity contribution in [2.24, 2.45) is 5.92 Å². The van der Waals surface area contributed by atoms with Crippen molar-refractivity contribution >= 4 is 11.9 Å². The lowest BCUT2D eigenvalue weighted by molar-refractivity contribution is -0.124. The van der Waals surface area contributed by atoms with Crippen molar-refractivity contribution in [2.45, 2.75) is 52.5 Å². The summed E-state index contributed by atoms with van der Waals surface area (Å²) in [6, 6.07) is -0.457. The lowest BCUT2D eigenvalue weighted by atomic mass is 10.1. The summed E-state index contributed by atoms with van der Waals surface area (Å²) < 4.78 is 5.10. The molecule has 0 spiro atoms. The van der Waals surface area contributed by atoms with E-state index in [0.717, 1.165) is 36.9 Å². The summed E-state index contributed by atoms with van der Waals surface area (Å²) in [6.07, 6.45) is 4.24. The summed E-state index contributed by atoms with van der Waals surface area (Å²) >= 11 is 0. The fourth-order valence-corrected chi connectivity index (χ4v) is 3.12. The van der Waals surface area contributed by atoms with Crippen LogP contribution in [0.15, 0.2) is 4.52 Å². The first-order chi connectivity index (χ1) is 11.0. The summed E-state index contributed by atoms with van der Waals surface area (Å²) in [5.74, 6) is 0.969. The fourth-order valence-electron chi connectivity index (χ4n) is 3.12. The molecule has 1 heterocycles. The van der Waals surface area contributed by atoms with Gasteiger partial charge >= 0.3 is 6.03 Å². The molecule has 0 radical (unpaired) electrons. The Morgan fingerprint density at radius 3 is 2.48 bits per heavy atom. The number of amides is 3. The van der Waals surface area contributed by atoms with Crippen LogP contribution >= 0.6 is 0 Å². The second-order valence-corrected chi connectivity index (χ2v) is 6.13. The van der Waals surface area contributed by atoms with Gasteiger partial charge in [0.25, 0.3) is 0 Å². The third kappa shape index (κ3) is 4.71. The molecule has 1 atom stereocenters. The van der Waals surface area contributed by atoms with Crippen molar-refractivity contribution in [2.75, 3.05) is 13.1 Å². The summed E-state index contributed by atoms with van der Waals surface area (Å²) in [5, 5.41) is 12.3. The average molecular weight is 322 g/mol. The molecule has 1 aliphatic rings. The van der Waals surface area contributed by atoms with Crippen molar-refractivity contribution in [1.29, 1.82) is 0 Å². The van der Waals surface area contributed by atoms with Crippen LogP contribution in [0.4, 0.5) is 4.79 Å². The van der Waals surface area contributed by atoms with Gasteiger partial charge in [-0.3, -0.25) is 4.79 Å². The smallest absolute Gasteiger partial charge is 0.315 e. The molecule has 0 bridgehead atoms. The van der Waals surface area contributed by atoms with E-state index in [1.54, 1.807) is 0 Å². The van der Waals surface area contributed by atoms with Crippen LogP contribution < -0.4 is 16.0 Å². The molecular weight excluding hydrogens is 296 g/mol. The molecule has 1 aromatic heterocycles. The molecule has 23 heavy (non-hydrogen) atoms. The summed E-state index contributed by atoms with van der Waals surface area (Å²) in [5.41, 5.74) is 1.67. The van der Waals surface area contributed by atoms with Gasteiger partial charge in [0, 0.05) is 24.6 Å². The van der Waals surface area contributed by atoms with Crippen molar-refractivity contribution in [3.05, 3.63) is 17.0 Å². The van der Waals surface area contributed by atoms with E-state index in [2.05, 4.69) is 21.1 Å². The van der Waals surface area contributed by atoms with Crippen molar-refractivity contribution in [3.63, 3.8) is 0 Å². The minimum Gasteiger partial charge on any atom is -0.361 e. The highest BCUT2D eigenvalue weighted by Gasteiger charge is 2.22. The molecule has 1 fully saturated rings. The van der Waals surface area contributed by atoms with Gasteiger partial charge in [0.2, 0.25) is 5.91 Å². The predicted octanol–water partition coefficient (Wildman–Crippen LogP) is 1.96. The predicted molar refractivity (Wildman–Crippen MR) is 85.9 cm³/mol. The highest BCUT2D eigenvalue weighted by molar-refractivity contribution is 5.79. The Balaban J connectivity index is 1.66. The van der Waals surface area contributed by atoms with Crippen LogP contribution in [0.1, 0.15) is 55.7 Å². The number of hydrogen-bond acceptors (Lipinski definition) is 4. The van der Waals surface area contributed by atoms with Gasteiger partial charge in [0.15, 0.2) is 0 Å². The Morgan fingerprint density at radius 2 is 1.87 bits per heavy atom. The highest BCUT2D eigenvalue weighted by atomic mass is 16.5. The van der Waals surface area contributed by atoms with Crippen molar-refractivity contribution in [3.8, 4) is 0 Å². The Hall–Kier alpha value is -2.05. The van der Waals surface area contributed by atoms with E-state index in [4.69, 9.17) is 4.52 Å². The lowest BCUT2D eigenvalue weighted by Gasteiger charge is -2.15. The first kappa shape index (κ1) is 17.3. The van der Waals surface area contributed by atoms with Crippen LogP contribution in [0.25, 0.3) is 0 Å². The largest absolute Gasteiger partial charge is 0.361 e. The summed E-state index contributed by atoms with van der Waals surface area (Å²) in [7, 11) is 0. The zero-order valence-corrected chi connectivity index (χ0v) is 14.1. The molecule has 3 amide bonds. The van der Waals surface area contributed by atoms with E-state index in [-0.39, 0.29) is 23.9 Å². The molecular formula is C16H26N4O3. The fraction of sp³-hybridized carbons (Fsp3) is 0.688. The Morgan fingerprint density at radius 1 is 1.22 bits per heavy atom. The van der Waals surface area contributed by atoms with Gasteiger partial charge in [0.1, 0.15) is 5.76 Å². The zero-order chi connectivity index (χ0) is 16.8. The summed E-state index contributed by atoms with van der Waals surface area (Å²) in [6.45, 7) is 6.40. The minimum absolute atomic E-state index is 0.105. The van der Waals surface area contributed by atoms with Crippen LogP contribution in [-0.4, -0.2) is 30.2 Å². The zero-order valence-electron chi connectivity index (χ0n) is 14.1. The van der Waals surface area contributed by atoms with Gasteiger partial charge < -0.3 is 20.5 Å². The molecule has 1 aliphatic carbocycles. The number of aromatic nitrogens is 1. The van der Waals surface area contributed by atoms with Gasteiger partial charge in [-0.15, -0.1) is 0 Å². The first-order valence-corrected chi connectivity index (χ1v) is 8.24. The molecule has 7 nitrogen and oxygen atoms in total. The van der Waals surface area contributed by atoms with E-state index in [1.807, 2.05) is 20.8 Å². The number of hydrogen-bond donors (Lipinski definition) is 3. The van der Waals surface area contributed by atoms with Crippen LogP contribution in [0.2, 0.25) is 0 Å². The Bertz CT molecular complexity index is 530. The van der Waals surface area contributed by atoms with E-state index in [1.165, 1.54) is 0 Å². The molecule has 3 N–H and O–H groups in total. The van der Waals surface area contributed by atoms with Crippen LogP contribution in [0.5, 0.6) is 0 Å². The van der Waals surface area contributed by atoms with Gasteiger partial charge in [0.05, 0.1) is 11.7 Å². The maximum atomic E-state index is 11.9. The number of urea groups is 1. The Labute approximate surface area is 136 Å². The third-order valence-corrected chi connectivity index (χ3v) is 4.30. The molecule has 0 aliphatic heterocycles.